The maximum Gasteiger partial charge on any atom is 0.327 e. The normalized spacial score (nSPS) is 21.9. The van der Waals surface area contributed by atoms with Gasteiger partial charge in [-0.2, -0.15) is 0 Å². The Morgan fingerprint density at radius 1 is 1.45 bits per heavy atom. The number of rotatable bonds is 2. The Morgan fingerprint density at radius 2 is 2.10 bits per heavy atom. The minimum absolute atomic E-state index is 0.130. The number of carbonyl (C=O) groups excluding carboxylic acids is 1. The molecule has 0 spiro atoms. The third kappa shape index (κ3) is 2.58. The van der Waals surface area contributed by atoms with E-state index in [2.05, 4.69) is 0 Å². The van der Waals surface area contributed by atoms with Crippen molar-refractivity contribution in [3.05, 3.63) is 30.1 Å². The first-order chi connectivity index (χ1) is 9.43. The molecule has 1 fully saturated rings. The second-order valence-corrected chi connectivity index (χ2v) is 5.84. The summed E-state index contributed by atoms with van der Waals surface area (Å²) >= 11 is 1.39. The molecule has 5 nitrogen and oxygen atoms in total. The van der Waals surface area contributed by atoms with Crippen LogP contribution in [0, 0.1) is 5.82 Å². The fourth-order valence-electron chi connectivity index (χ4n) is 2.12. The Balaban J connectivity index is 2.26. The molecule has 2 rings (SSSR count). The molecule has 7 heteroatoms. The minimum atomic E-state index is -1.04. The van der Waals surface area contributed by atoms with E-state index in [1.54, 1.807) is 13.0 Å². The predicted molar refractivity (Wildman–Crippen MR) is 75.4 cm³/mol. The Bertz CT molecular complexity index is 540. The summed E-state index contributed by atoms with van der Waals surface area (Å²) < 4.78 is 13.7. The molecular formula is C13H15FN2O3S. The summed E-state index contributed by atoms with van der Waals surface area (Å²) in [5.74, 6) is -1.22. The predicted octanol–water partition coefficient (Wildman–Crippen LogP) is 2.23. The number of halogens is 1. The van der Waals surface area contributed by atoms with Crippen LogP contribution in [-0.2, 0) is 4.79 Å². The van der Waals surface area contributed by atoms with E-state index in [-0.39, 0.29) is 11.1 Å². The quantitative estimate of drug-likeness (QED) is 0.909. The van der Waals surface area contributed by atoms with Gasteiger partial charge in [-0.3, -0.25) is 9.80 Å². The molecule has 0 saturated carbocycles. The Hall–Kier alpha value is -1.76. The number of carboxylic acids is 1. The van der Waals surface area contributed by atoms with E-state index in [1.807, 2.05) is 0 Å². The van der Waals surface area contributed by atoms with Crippen molar-refractivity contribution in [1.29, 1.82) is 0 Å². The summed E-state index contributed by atoms with van der Waals surface area (Å²) in [4.78, 5) is 26.0. The van der Waals surface area contributed by atoms with Gasteiger partial charge in [-0.15, -0.1) is 11.8 Å². The zero-order valence-electron chi connectivity index (χ0n) is 11.1. The number of hydrogen-bond acceptors (Lipinski definition) is 3. The van der Waals surface area contributed by atoms with Crippen molar-refractivity contribution in [2.45, 2.75) is 18.3 Å². The van der Waals surface area contributed by atoms with Gasteiger partial charge in [-0.1, -0.05) is 12.1 Å². The fraction of sp³-hybridized carbons (Fsp3) is 0.385. The smallest absolute Gasteiger partial charge is 0.327 e. The molecule has 1 saturated heterocycles. The largest absolute Gasteiger partial charge is 0.480 e. The first-order valence-corrected chi connectivity index (χ1v) is 7.13. The van der Waals surface area contributed by atoms with Crippen molar-refractivity contribution in [1.82, 2.24) is 4.90 Å². The van der Waals surface area contributed by atoms with E-state index in [0.29, 0.717) is 5.75 Å². The molecule has 1 heterocycles. The van der Waals surface area contributed by atoms with Crippen molar-refractivity contribution in [2.24, 2.45) is 0 Å². The minimum Gasteiger partial charge on any atom is -0.480 e. The highest BCUT2D eigenvalue weighted by Crippen LogP contribution is 2.31. The van der Waals surface area contributed by atoms with Crippen LogP contribution in [0.2, 0.25) is 0 Å². The van der Waals surface area contributed by atoms with E-state index in [1.165, 1.54) is 41.9 Å². The first kappa shape index (κ1) is 14.6. The number of hydrogen-bond donors (Lipinski definition) is 1. The average molecular weight is 298 g/mol. The molecule has 1 aromatic rings. The molecule has 1 aliphatic heterocycles. The van der Waals surface area contributed by atoms with Crippen LogP contribution in [0.15, 0.2) is 24.3 Å². The van der Waals surface area contributed by atoms with Crippen molar-refractivity contribution < 1.29 is 19.1 Å². The van der Waals surface area contributed by atoms with Crippen LogP contribution in [0.3, 0.4) is 0 Å². The highest BCUT2D eigenvalue weighted by atomic mass is 32.2. The molecule has 2 amide bonds. The van der Waals surface area contributed by atoms with Gasteiger partial charge in [0.15, 0.2) is 0 Å². The SMILES string of the molecule is CC1SCC(C(=O)O)N1C(=O)N(C)c1ccccc1F. The standard InChI is InChI=1S/C13H15FN2O3S/c1-8-16(11(7-20-8)12(17)18)13(19)15(2)10-6-4-3-5-9(10)14/h3-6,8,11H,7H2,1-2H3,(H,17,18). The van der Waals surface area contributed by atoms with Gasteiger partial charge in [-0.25, -0.2) is 14.0 Å². The number of anilines is 1. The van der Waals surface area contributed by atoms with Crippen LogP contribution >= 0.6 is 11.8 Å². The molecule has 0 bridgehead atoms. The van der Waals surface area contributed by atoms with Gasteiger partial charge >= 0.3 is 12.0 Å². The second kappa shape index (κ2) is 5.70. The molecule has 2 unspecified atom stereocenters. The number of urea groups is 1. The number of carboxylic acid groups (broad SMARTS) is 1. The number of aliphatic carboxylic acids is 1. The maximum absolute atomic E-state index is 13.7. The van der Waals surface area contributed by atoms with Crippen molar-refractivity contribution >= 4 is 29.4 Å². The molecule has 1 aliphatic rings. The lowest BCUT2D eigenvalue weighted by Crippen LogP contribution is -2.50. The molecule has 0 radical (unpaired) electrons. The molecule has 108 valence electrons. The van der Waals surface area contributed by atoms with Gasteiger partial charge in [0, 0.05) is 12.8 Å². The van der Waals surface area contributed by atoms with E-state index in [9.17, 15) is 14.0 Å². The van der Waals surface area contributed by atoms with Gasteiger partial charge in [-0.05, 0) is 19.1 Å². The number of benzene rings is 1. The number of nitrogens with zero attached hydrogens (tertiary/aromatic N) is 2. The summed E-state index contributed by atoms with van der Waals surface area (Å²) in [6, 6.07) is 4.51. The zero-order chi connectivity index (χ0) is 14.9. The molecule has 0 aromatic heterocycles. The van der Waals surface area contributed by atoms with Gasteiger partial charge in [0.2, 0.25) is 0 Å². The summed E-state index contributed by atoms with van der Waals surface area (Å²) in [7, 11) is 1.44. The molecule has 20 heavy (non-hydrogen) atoms. The maximum atomic E-state index is 13.7. The van der Waals surface area contributed by atoms with Crippen molar-refractivity contribution in [3.8, 4) is 0 Å². The van der Waals surface area contributed by atoms with Crippen LogP contribution in [0.25, 0.3) is 0 Å². The average Bonchev–Trinajstić information content (AvgIpc) is 2.80. The molecule has 1 N–H and O–H groups in total. The van der Waals surface area contributed by atoms with Gasteiger partial charge in [0.05, 0.1) is 11.1 Å². The second-order valence-electron chi connectivity index (χ2n) is 4.49. The van der Waals surface area contributed by atoms with E-state index < -0.39 is 23.9 Å². The monoisotopic (exact) mass is 298 g/mol. The number of carbonyl (C=O) groups is 2. The number of amides is 2. The number of para-hydroxylation sites is 1. The topological polar surface area (TPSA) is 60.9 Å². The van der Waals surface area contributed by atoms with Gasteiger partial charge in [0.25, 0.3) is 0 Å². The van der Waals surface area contributed by atoms with Crippen LogP contribution in [0.5, 0.6) is 0 Å². The Morgan fingerprint density at radius 3 is 2.70 bits per heavy atom. The Kier molecular flexibility index (Phi) is 4.17. The van der Waals surface area contributed by atoms with Gasteiger partial charge in [0.1, 0.15) is 11.9 Å². The summed E-state index contributed by atoms with van der Waals surface area (Å²) in [5.41, 5.74) is 0.130. The van der Waals surface area contributed by atoms with Crippen LogP contribution in [0.1, 0.15) is 6.92 Å². The van der Waals surface area contributed by atoms with Crippen molar-refractivity contribution in [3.63, 3.8) is 0 Å². The molecular weight excluding hydrogens is 283 g/mol. The summed E-state index contributed by atoms with van der Waals surface area (Å²) in [5, 5.41) is 8.91. The Labute approximate surface area is 120 Å². The zero-order valence-corrected chi connectivity index (χ0v) is 11.9. The molecule has 1 aromatic carbocycles. The number of thioether (sulfide) groups is 1. The third-order valence-corrected chi connectivity index (χ3v) is 4.45. The first-order valence-electron chi connectivity index (χ1n) is 6.08. The van der Waals surface area contributed by atoms with Crippen LogP contribution in [-0.4, -0.2) is 46.2 Å². The molecule has 2 atom stereocenters. The van der Waals surface area contributed by atoms with E-state index >= 15 is 0 Å². The van der Waals surface area contributed by atoms with E-state index in [0.717, 1.165) is 4.90 Å². The van der Waals surface area contributed by atoms with Crippen molar-refractivity contribution in [2.75, 3.05) is 17.7 Å². The molecule has 0 aliphatic carbocycles. The lowest BCUT2D eigenvalue weighted by atomic mass is 10.2. The lowest BCUT2D eigenvalue weighted by molar-refractivity contribution is -0.141. The third-order valence-electron chi connectivity index (χ3n) is 3.23. The van der Waals surface area contributed by atoms with Crippen LogP contribution < -0.4 is 4.90 Å². The summed E-state index contributed by atoms with van der Waals surface area (Å²) in [6.07, 6.45) is 0. The van der Waals surface area contributed by atoms with E-state index in [4.69, 9.17) is 5.11 Å². The highest BCUT2D eigenvalue weighted by molar-refractivity contribution is 8.00. The highest BCUT2D eigenvalue weighted by Gasteiger charge is 2.41. The fourth-order valence-corrected chi connectivity index (χ4v) is 3.29. The summed E-state index contributed by atoms with van der Waals surface area (Å²) in [6.45, 7) is 1.76. The van der Waals surface area contributed by atoms with Gasteiger partial charge < -0.3 is 5.11 Å². The lowest BCUT2D eigenvalue weighted by Gasteiger charge is -2.30. The van der Waals surface area contributed by atoms with Crippen LogP contribution in [0.4, 0.5) is 14.9 Å².